The maximum atomic E-state index is 12.2. The lowest BCUT2D eigenvalue weighted by atomic mass is 10.2. The van der Waals surface area contributed by atoms with Gasteiger partial charge in [0.05, 0.1) is 5.75 Å². The molecule has 128 valence electrons. The fourth-order valence-electron chi connectivity index (χ4n) is 2.71. The first kappa shape index (κ1) is 16.4. The summed E-state index contributed by atoms with van der Waals surface area (Å²) in [5.74, 6) is 0.899. The summed E-state index contributed by atoms with van der Waals surface area (Å²) in [6.45, 7) is 1.07. The quantitative estimate of drug-likeness (QED) is 0.722. The maximum Gasteiger partial charge on any atom is 0.273 e. The number of sulfonamides is 1. The van der Waals surface area contributed by atoms with Gasteiger partial charge in [0.1, 0.15) is 5.76 Å². The highest BCUT2D eigenvalue weighted by molar-refractivity contribution is 7.89. The van der Waals surface area contributed by atoms with Crippen LogP contribution in [0.3, 0.4) is 0 Å². The van der Waals surface area contributed by atoms with Crippen molar-refractivity contribution in [2.75, 3.05) is 25.4 Å². The second kappa shape index (κ2) is 6.58. The first-order valence-electron chi connectivity index (χ1n) is 7.95. The van der Waals surface area contributed by atoms with E-state index >= 15 is 0 Å². The highest BCUT2D eigenvalue weighted by atomic mass is 32.2. The Bertz CT molecular complexity index is 668. The standard InChI is InChI=1S/C14H22N4O4S/c15-5-1-7-23(20,21)18-6-4-11(9-18)16-14(19)12-8-13(22-17-12)10-2-3-10/h8,10-11H,1-7,9,15H2,(H,16,19)/t11-/m0/s1. The molecule has 1 atom stereocenters. The molecule has 2 aliphatic rings. The Kier molecular flexibility index (Phi) is 4.69. The van der Waals surface area contributed by atoms with E-state index in [4.69, 9.17) is 10.3 Å². The Morgan fingerprint density at radius 1 is 1.43 bits per heavy atom. The van der Waals surface area contributed by atoms with Crippen molar-refractivity contribution >= 4 is 15.9 Å². The Labute approximate surface area is 135 Å². The van der Waals surface area contributed by atoms with E-state index in [2.05, 4.69) is 10.5 Å². The number of carbonyl (C=O) groups excluding carboxylic acids is 1. The third kappa shape index (κ3) is 3.91. The fourth-order valence-corrected chi connectivity index (χ4v) is 4.29. The number of rotatable bonds is 7. The summed E-state index contributed by atoms with van der Waals surface area (Å²) in [5.41, 5.74) is 5.62. The van der Waals surface area contributed by atoms with Gasteiger partial charge in [-0.2, -0.15) is 4.31 Å². The fraction of sp³-hybridized carbons (Fsp3) is 0.714. The van der Waals surface area contributed by atoms with Crippen molar-refractivity contribution in [3.63, 3.8) is 0 Å². The number of amides is 1. The summed E-state index contributed by atoms with van der Waals surface area (Å²) in [5, 5.41) is 6.63. The molecule has 0 bridgehead atoms. The number of nitrogens with one attached hydrogen (secondary N) is 1. The van der Waals surface area contributed by atoms with Crippen LogP contribution in [0.1, 0.15) is 47.8 Å². The zero-order valence-electron chi connectivity index (χ0n) is 12.9. The van der Waals surface area contributed by atoms with Gasteiger partial charge in [-0.15, -0.1) is 0 Å². The van der Waals surface area contributed by atoms with Gasteiger partial charge < -0.3 is 15.6 Å². The summed E-state index contributed by atoms with van der Waals surface area (Å²) in [6.07, 6.45) is 3.20. The Morgan fingerprint density at radius 2 is 2.22 bits per heavy atom. The van der Waals surface area contributed by atoms with Gasteiger partial charge in [-0.1, -0.05) is 5.16 Å². The van der Waals surface area contributed by atoms with Crippen LogP contribution in [0.25, 0.3) is 0 Å². The van der Waals surface area contributed by atoms with E-state index < -0.39 is 10.0 Å². The molecule has 9 heteroatoms. The molecule has 2 heterocycles. The van der Waals surface area contributed by atoms with Crippen molar-refractivity contribution in [2.24, 2.45) is 5.73 Å². The van der Waals surface area contributed by atoms with Gasteiger partial charge in [0.25, 0.3) is 5.91 Å². The lowest BCUT2D eigenvalue weighted by Gasteiger charge is -2.16. The molecule has 1 amide bonds. The van der Waals surface area contributed by atoms with Crippen LogP contribution in [0.4, 0.5) is 0 Å². The third-order valence-electron chi connectivity index (χ3n) is 4.23. The average molecular weight is 342 g/mol. The SMILES string of the molecule is NCCCS(=O)(=O)N1CC[C@H](NC(=O)c2cc(C3CC3)on2)C1. The zero-order valence-corrected chi connectivity index (χ0v) is 13.7. The first-order chi connectivity index (χ1) is 11.0. The molecule has 8 nitrogen and oxygen atoms in total. The number of hydrogen-bond donors (Lipinski definition) is 2. The molecule has 0 spiro atoms. The van der Waals surface area contributed by atoms with Gasteiger partial charge in [0, 0.05) is 31.1 Å². The summed E-state index contributed by atoms with van der Waals surface area (Å²) in [7, 11) is -3.29. The third-order valence-corrected chi connectivity index (χ3v) is 6.15. The number of hydrogen-bond acceptors (Lipinski definition) is 6. The van der Waals surface area contributed by atoms with E-state index in [0.717, 1.165) is 18.6 Å². The average Bonchev–Trinajstić information content (AvgIpc) is 3.06. The highest BCUT2D eigenvalue weighted by Gasteiger charge is 2.33. The number of nitrogens with two attached hydrogens (primary N) is 1. The van der Waals surface area contributed by atoms with Crippen LogP contribution in [0.2, 0.25) is 0 Å². The molecule has 1 aliphatic carbocycles. The minimum atomic E-state index is -3.29. The van der Waals surface area contributed by atoms with Crippen molar-refractivity contribution in [2.45, 2.75) is 37.6 Å². The van der Waals surface area contributed by atoms with E-state index in [1.165, 1.54) is 4.31 Å². The molecule has 3 rings (SSSR count). The van der Waals surface area contributed by atoms with E-state index in [0.29, 0.717) is 38.4 Å². The molecule has 3 N–H and O–H groups in total. The van der Waals surface area contributed by atoms with Gasteiger partial charge in [0.2, 0.25) is 10.0 Å². The molecule has 0 aromatic carbocycles. The van der Waals surface area contributed by atoms with Crippen molar-refractivity contribution in [1.82, 2.24) is 14.8 Å². The Morgan fingerprint density at radius 3 is 2.91 bits per heavy atom. The predicted molar refractivity (Wildman–Crippen MR) is 83.4 cm³/mol. The van der Waals surface area contributed by atoms with Crippen LogP contribution in [-0.2, 0) is 10.0 Å². The molecule has 1 saturated heterocycles. The van der Waals surface area contributed by atoms with Crippen molar-refractivity contribution in [3.05, 3.63) is 17.5 Å². The molecule has 0 radical (unpaired) electrons. The molecule has 2 fully saturated rings. The first-order valence-corrected chi connectivity index (χ1v) is 9.56. The second-order valence-corrected chi connectivity index (χ2v) is 8.25. The van der Waals surface area contributed by atoms with Crippen molar-refractivity contribution in [3.8, 4) is 0 Å². The van der Waals surface area contributed by atoms with E-state index in [1.54, 1.807) is 6.07 Å². The Hall–Kier alpha value is -1.45. The van der Waals surface area contributed by atoms with Gasteiger partial charge in [-0.05, 0) is 32.2 Å². The maximum absolute atomic E-state index is 12.2. The highest BCUT2D eigenvalue weighted by Crippen LogP contribution is 2.40. The number of carbonyl (C=O) groups is 1. The molecule has 1 saturated carbocycles. The molecule has 1 aromatic heterocycles. The van der Waals surface area contributed by atoms with E-state index in [-0.39, 0.29) is 23.4 Å². The molecule has 0 unspecified atom stereocenters. The number of nitrogens with zero attached hydrogens (tertiary/aromatic N) is 2. The lowest BCUT2D eigenvalue weighted by molar-refractivity contribution is 0.0929. The van der Waals surface area contributed by atoms with Crippen molar-refractivity contribution < 1.29 is 17.7 Å². The lowest BCUT2D eigenvalue weighted by Crippen LogP contribution is -2.39. The summed E-state index contributed by atoms with van der Waals surface area (Å²) < 4.78 is 30.8. The summed E-state index contributed by atoms with van der Waals surface area (Å²) in [4.78, 5) is 12.2. The van der Waals surface area contributed by atoms with Gasteiger partial charge in [-0.3, -0.25) is 4.79 Å². The summed E-state index contributed by atoms with van der Waals surface area (Å²) in [6, 6.07) is 1.48. The molecular formula is C14H22N4O4S. The van der Waals surface area contributed by atoms with Crippen LogP contribution >= 0.6 is 0 Å². The largest absolute Gasteiger partial charge is 0.360 e. The molecule has 1 aromatic rings. The van der Waals surface area contributed by atoms with Crippen molar-refractivity contribution in [1.29, 1.82) is 0 Å². The molecular weight excluding hydrogens is 320 g/mol. The number of aromatic nitrogens is 1. The van der Waals surface area contributed by atoms with E-state index in [9.17, 15) is 13.2 Å². The van der Waals surface area contributed by atoms with Crippen LogP contribution in [0.15, 0.2) is 10.6 Å². The van der Waals surface area contributed by atoms with Crippen LogP contribution in [0, 0.1) is 0 Å². The van der Waals surface area contributed by atoms with Crippen LogP contribution < -0.4 is 11.1 Å². The smallest absolute Gasteiger partial charge is 0.273 e. The van der Waals surface area contributed by atoms with E-state index in [1.807, 2.05) is 0 Å². The predicted octanol–water partition coefficient (Wildman–Crippen LogP) is 0.0347. The normalized spacial score (nSPS) is 22.4. The minimum Gasteiger partial charge on any atom is -0.360 e. The minimum absolute atomic E-state index is 0.0538. The molecule has 23 heavy (non-hydrogen) atoms. The monoisotopic (exact) mass is 342 g/mol. The van der Waals surface area contributed by atoms with Gasteiger partial charge in [0.15, 0.2) is 5.69 Å². The zero-order chi connectivity index (χ0) is 16.4. The van der Waals surface area contributed by atoms with Crippen LogP contribution in [0.5, 0.6) is 0 Å². The van der Waals surface area contributed by atoms with Crippen LogP contribution in [-0.4, -0.2) is 55.2 Å². The molecule has 1 aliphatic heterocycles. The second-order valence-electron chi connectivity index (χ2n) is 6.16. The van der Waals surface area contributed by atoms with Gasteiger partial charge >= 0.3 is 0 Å². The topological polar surface area (TPSA) is 119 Å². The van der Waals surface area contributed by atoms with Gasteiger partial charge in [-0.25, -0.2) is 8.42 Å². The summed E-state index contributed by atoms with van der Waals surface area (Å²) >= 11 is 0. The Balaban J connectivity index is 1.53.